The number of methoxy groups -OCH3 is 1. The topological polar surface area (TPSA) is 86.7 Å². The Morgan fingerprint density at radius 2 is 1.88 bits per heavy atom. The Kier molecular flexibility index (Phi) is 5.19. The lowest BCUT2D eigenvalue weighted by Gasteiger charge is -2.07. The Hall–Kier alpha value is -2.13. The Balaban J connectivity index is 2.08. The van der Waals surface area contributed by atoms with Crippen LogP contribution in [0.5, 0.6) is 5.75 Å². The summed E-state index contributed by atoms with van der Waals surface area (Å²) in [7, 11) is -0.361. The minimum absolute atomic E-state index is 0.0109. The molecule has 6 nitrogen and oxygen atoms in total. The lowest BCUT2D eigenvalue weighted by molar-refractivity contribution is 0.415. The second-order valence-corrected chi connectivity index (χ2v) is 8.26. The Morgan fingerprint density at radius 3 is 2.50 bits per heavy atom. The van der Waals surface area contributed by atoms with Crippen molar-refractivity contribution in [1.82, 2.24) is 4.57 Å². The van der Waals surface area contributed by atoms with E-state index in [0.29, 0.717) is 10.6 Å². The summed E-state index contributed by atoms with van der Waals surface area (Å²) in [6, 6.07) is 11.8. The summed E-state index contributed by atoms with van der Waals surface area (Å²) in [5.74, 6) is 0.756. The second kappa shape index (κ2) is 7.24. The number of sulfonamides is 1. The van der Waals surface area contributed by atoms with Gasteiger partial charge in [0.2, 0.25) is 10.0 Å². The van der Waals surface area contributed by atoms with E-state index in [1.54, 1.807) is 7.11 Å². The van der Waals surface area contributed by atoms with Crippen LogP contribution in [0, 0.1) is 0 Å². The highest BCUT2D eigenvalue weighted by Crippen LogP contribution is 2.30. The van der Waals surface area contributed by atoms with Gasteiger partial charge in [-0.15, -0.1) is 11.3 Å². The molecule has 1 aromatic heterocycles. The fourth-order valence-electron chi connectivity index (χ4n) is 2.36. The number of ether oxygens (including phenoxy) is 1. The Bertz CT molecular complexity index is 1120. The summed E-state index contributed by atoms with van der Waals surface area (Å²) in [5.41, 5.74) is 2.10. The van der Waals surface area contributed by atoms with Gasteiger partial charge in [0, 0.05) is 23.0 Å². The van der Waals surface area contributed by atoms with Gasteiger partial charge < -0.3 is 9.30 Å². The summed E-state index contributed by atoms with van der Waals surface area (Å²) in [5, 5.41) is 7.52. The number of halogens is 1. The monoisotopic (exact) mass is 409 g/mol. The molecule has 0 aliphatic rings. The average molecular weight is 410 g/mol. The zero-order valence-electron chi connectivity index (χ0n) is 14.0. The number of nitrogens with two attached hydrogens (primary N) is 1. The van der Waals surface area contributed by atoms with E-state index in [0.717, 1.165) is 21.9 Å². The van der Waals surface area contributed by atoms with Crippen LogP contribution < -0.4 is 14.7 Å². The normalized spacial score (nSPS) is 12.4. The summed E-state index contributed by atoms with van der Waals surface area (Å²) >= 11 is 7.69. The van der Waals surface area contributed by atoms with Crippen molar-refractivity contribution in [2.45, 2.75) is 4.90 Å². The molecule has 0 atom stereocenters. The van der Waals surface area contributed by atoms with Gasteiger partial charge in [-0.1, -0.05) is 11.6 Å². The molecule has 3 rings (SSSR count). The molecule has 9 heteroatoms. The molecule has 0 aliphatic carbocycles. The quantitative estimate of drug-likeness (QED) is 0.717. The maximum atomic E-state index is 11.6. The lowest BCUT2D eigenvalue weighted by atomic mass is 10.2. The summed E-state index contributed by atoms with van der Waals surface area (Å²) in [6.45, 7) is 0. The van der Waals surface area contributed by atoms with E-state index in [9.17, 15) is 8.42 Å². The molecule has 0 amide bonds. The first-order valence-corrected chi connectivity index (χ1v) is 10.3. The van der Waals surface area contributed by atoms with E-state index in [1.165, 1.54) is 29.5 Å². The highest BCUT2D eigenvalue weighted by Gasteiger charge is 2.14. The van der Waals surface area contributed by atoms with Crippen LogP contribution in [-0.4, -0.2) is 20.1 Å². The Labute approximate surface area is 160 Å². The number of hydrogen-bond donors (Lipinski definition) is 1. The molecule has 1 heterocycles. The van der Waals surface area contributed by atoms with E-state index in [-0.39, 0.29) is 4.90 Å². The molecule has 0 saturated carbocycles. The maximum Gasteiger partial charge on any atom is 0.238 e. The number of benzene rings is 2. The molecule has 136 valence electrons. The third-order valence-electron chi connectivity index (χ3n) is 3.76. The van der Waals surface area contributed by atoms with Crippen molar-refractivity contribution in [1.29, 1.82) is 0 Å². The van der Waals surface area contributed by atoms with Crippen LogP contribution in [0.2, 0.25) is 5.02 Å². The molecule has 0 radical (unpaired) electrons. The lowest BCUT2D eigenvalue weighted by Crippen LogP contribution is -2.13. The highest BCUT2D eigenvalue weighted by atomic mass is 35.5. The first kappa shape index (κ1) is 18.7. The van der Waals surface area contributed by atoms with Gasteiger partial charge in [0.05, 0.1) is 23.4 Å². The molecular weight excluding hydrogens is 394 g/mol. The number of aromatic nitrogens is 1. The zero-order valence-corrected chi connectivity index (χ0v) is 16.4. The highest BCUT2D eigenvalue weighted by molar-refractivity contribution is 7.89. The van der Waals surface area contributed by atoms with Crippen molar-refractivity contribution in [3.63, 3.8) is 0 Å². The molecule has 0 unspecified atom stereocenters. The van der Waals surface area contributed by atoms with Gasteiger partial charge in [0.1, 0.15) is 5.75 Å². The van der Waals surface area contributed by atoms with Crippen molar-refractivity contribution in [3.8, 4) is 17.0 Å². The molecule has 0 saturated heterocycles. The zero-order chi connectivity index (χ0) is 18.9. The van der Waals surface area contributed by atoms with Gasteiger partial charge in [-0.2, -0.15) is 0 Å². The summed E-state index contributed by atoms with van der Waals surface area (Å²) in [4.78, 5) is 5.35. The van der Waals surface area contributed by atoms with Crippen LogP contribution in [0.4, 0.5) is 5.69 Å². The largest absolute Gasteiger partial charge is 0.497 e. The summed E-state index contributed by atoms with van der Waals surface area (Å²) in [6.07, 6.45) is 0. The molecule has 26 heavy (non-hydrogen) atoms. The molecule has 3 aromatic rings. The third kappa shape index (κ3) is 3.83. The van der Waals surface area contributed by atoms with Gasteiger partial charge in [0.25, 0.3) is 0 Å². The number of hydrogen-bond acceptors (Lipinski definition) is 5. The third-order valence-corrected chi connectivity index (χ3v) is 5.92. The van der Waals surface area contributed by atoms with E-state index < -0.39 is 10.0 Å². The van der Waals surface area contributed by atoms with Gasteiger partial charge in [0.15, 0.2) is 4.80 Å². The molecule has 0 fully saturated rings. The van der Waals surface area contributed by atoms with E-state index in [2.05, 4.69) is 4.99 Å². The number of thiazole rings is 1. The minimum Gasteiger partial charge on any atom is -0.497 e. The predicted molar refractivity (Wildman–Crippen MR) is 103 cm³/mol. The van der Waals surface area contributed by atoms with Crippen LogP contribution >= 0.6 is 22.9 Å². The van der Waals surface area contributed by atoms with Crippen molar-refractivity contribution >= 4 is 38.6 Å². The first-order chi connectivity index (χ1) is 12.3. The molecule has 0 aliphatic heterocycles. The fourth-order valence-corrected chi connectivity index (χ4v) is 4.03. The predicted octanol–water partition coefficient (Wildman–Crippen LogP) is 3.30. The molecular formula is C17H16ClN3O3S2. The van der Waals surface area contributed by atoms with E-state index >= 15 is 0 Å². The van der Waals surface area contributed by atoms with Crippen molar-refractivity contribution in [2.24, 2.45) is 17.2 Å². The van der Waals surface area contributed by atoms with Crippen molar-refractivity contribution in [3.05, 3.63) is 57.7 Å². The van der Waals surface area contributed by atoms with Crippen LogP contribution in [0.1, 0.15) is 0 Å². The van der Waals surface area contributed by atoms with Gasteiger partial charge in [-0.05, 0) is 42.5 Å². The van der Waals surface area contributed by atoms with Gasteiger partial charge in [-0.25, -0.2) is 18.5 Å². The smallest absolute Gasteiger partial charge is 0.238 e. The molecule has 0 bridgehead atoms. The maximum absolute atomic E-state index is 11.6. The number of nitrogens with zero attached hydrogens (tertiary/aromatic N) is 2. The first-order valence-electron chi connectivity index (χ1n) is 7.45. The standard InChI is InChI=1S/C17H16ClN3O3S2/c1-21-16(14-9-13(26(19,22)23)7-8-15(14)18)10-25-17(21)20-11-3-5-12(24-2)6-4-11/h3-10H,1-2H3,(H2,19,22,23). The fraction of sp³-hybridized carbons (Fsp3) is 0.118. The molecule has 2 N–H and O–H groups in total. The van der Waals surface area contributed by atoms with Gasteiger partial charge in [-0.3, -0.25) is 0 Å². The Morgan fingerprint density at radius 1 is 1.19 bits per heavy atom. The van der Waals surface area contributed by atoms with Crippen LogP contribution in [-0.2, 0) is 17.1 Å². The second-order valence-electron chi connectivity index (χ2n) is 5.46. The number of rotatable bonds is 4. The van der Waals surface area contributed by atoms with E-state index in [4.69, 9.17) is 21.5 Å². The van der Waals surface area contributed by atoms with Crippen LogP contribution in [0.25, 0.3) is 11.3 Å². The van der Waals surface area contributed by atoms with Gasteiger partial charge >= 0.3 is 0 Å². The van der Waals surface area contributed by atoms with Crippen LogP contribution in [0.15, 0.2) is 57.7 Å². The molecule has 2 aromatic carbocycles. The molecule has 0 spiro atoms. The van der Waals surface area contributed by atoms with Crippen molar-refractivity contribution in [2.75, 3.05) is 7.11 Å². The van der Waals surface area contributed by atoms with Crippen LogP contribution in [0.3, 0.4) is 0 Å². The van der Waals surface area contributed by atoms with E-state index in [1.807, 2.05) is 41.3 Å². The number of primary sulfonamides is 1. The average Bonchev–Trinajstić information content (AvgIpc) is 2.95. The minimum atomic E-state index is -3.81. The summed E-state index contributed by atoms with van der Waals surface area (Å²) < 4.78 is 30.2. The SMILES string of the molecule is COc1ccc(N=c2scc(-c3cc(S(N)(=O)=O)ccc3Cl)n2C)cc1. The van der Waals surface area contributed by atoms with Crippen molar-refractivity contribution < 1.29 is 13.2 Å².